The molecule has 4 N–H and O–H groups in total. The summed E-state index contributed by atoms with van der Waals surface area (Å²) in [6.45, 7) is 3.70. The fraction of sp³-hybridized carbons (Fsp3) is 0.867. The highest BCUT2D eigenvalue weighted by molar-refractivity contribution is 7.85. The van der Waals surface area contributed by atoms with Crippen LogP contribution in [0.1, 0.15) is 194 Å². The Morgan fingerprint density at radius 2 is 0.983 bits per heavy atom. The molecule has 1 fully saturated rings. The lowest BCUT2D eigenvalue weighted by molar-refractivity contribution is -0.297. The van der Waals surface area contributed by atoms with E-state index in [1.807, 2.05) is 12.2 Å². The summed E-state index contributed by atoms with van der Waals surface area (Å²) in [5, 5.41) is 30.8. The van der Waals surface area contributed by atoms with E-state index in [1.54, 1.807) is 0 Å². The van der Waals surface area contributed by atoms with Gasteiger partial charge in [-0.3, -0.25) is 14.1 Å². The van der Waals surface area contributed by atoms with Gasteiger partial charge in [0.15, 0.2) is 12.4 Å². The van der Waals surface area contributed by atoms with Crippen molar-refractivity contribution in [3.05, 3.63) is 24.3 Å². The van der Waals surface area contributed by atoms with E-state index in [4.69, 9.17) is 18.9 Å². The topological polar surface area (TPSA) is 186 Å². The molecule has 58 heavy (non-hydrogen) atoms. The predicted octanol–water partition coefficient (Wildman–Crippen LogP) is 9.23. The highest BCUT2D eigenvalue weighted by Gasteiger charge is 2.46. The van der Waals surface area contributed by atoms with Crippen LogP contribution in [0.25, 0.3) is 0 Å². The molecule has 0 aromatic rings. The maximum atomic E-state index is 12.8. The largest absolute Gasteiger partial charge is 0.462 e. The molecule has 0 bridgehead atoms. The average molecular weight is 847 g/mol. The second-order valence-corrected chi connectivity index (χ2v) is 17.6. The lowest BCUT2D eigenvalue weighted by Crippen LogP contribution is -2.60. The van der Waals surface area contributed by atoms with Crippen LogP contribution in [0.15, 0.2) is 24.3 Å². The Labute approximate surface area is 351 Å². The van der Waals surface area contributed by atoms with Gasteiger partial charge in [-0.25, -0.2) is 0 Å². The van der Waals surface area contributed by atoms with Gasteiger partial charge >= 0.3 is 11.9 Å². The van der Waals surface area contributed by atoms with Gasteiger partial charge in [0.1, 0.15) is 36.8 Å². The van der Waals surface area contributed by atoms with E-state index in [9.17, 15) is 37.9 Å². The molecule has 13 heteroatoms. The highest BCUT2D eigenvalue weighted by atomic mass is 32.2. The van der Waals surface area contributed by atoms with Crippen LogP contribution in [-0.4, -0.2) is 96.0 Å². The van der Waals surface area contributed by atoms with Crippen LogP contribution in [-0.2, 0) is 38.7 Å². The zero-order chi connectivity index (χ0) is 42.7. The van der Waals surface area contributed by atoms with E-state index in [0.717, 1.165) is 25.7 Å². The Morgan fingerprint density at radius 1 is 0.569 bits per heavy atom. The molecule has 0 aliphatic carbocycles. The number of carbonyl (C=O) groups is 2. The number of esters is 2. The van der Waals surface area contributed by atoms with Gasteiger partial charge in [-0.05, 0) is 38.5 Å². The molecule has 6 atom stereocenters. The van der Waals surface area contributed by atoms with Gasteiger partial charge in [-0.15, -0.1) is 0 Å². The Kier molecular flexibility index (Phi) is 33.5. The average Bonchev–Trinajstić information content (AvgIpc) is 3.18. The van der Waals surface area contributed by atoms with Crippen LogP contribution in [0.4, 0.5) is 0 Å². The molecule has 0 spiro atoms. The fourth-order valence-electron chi connectivity index (χ4n) is 6.95. The number of hydrogen-bond donors (Lipinski definition) is 4. The molecule has 1 saturated heterocycles. The molecule has 1 aliphatic rings. The summed E-state index contributed by atoms with van der Waals surface area (Å²) in [4.78, 5) is 25.3. The van der Waals surface area contributed by atoms with Crippen molar-refractivity contribution in [2.45, 2.75) is 230 Å². The number of aliphatic hydroxyl groups is 3. The van der Waals surface area contributed by atoms with Gasteiger partial charge < -0.3 is 34.3 Å². The molecule has 1 heterocycles. The second-order valence-electron chi connectivity index (χ2n) is 16.1. The molecule has 0 aromatic carbocycles. The Balaban J connectivity index is 2.48. The zero-order valence-corrected chi connectivity index (χ0v) is 37.0. The lowest BCUT2D eigenvalue weighted by atomic mass is 10.00. The van der Waals surface area contributed by atoms with Crippen molar-refractivity contribution >= 4 is 22.1 Å². The van der Waals surface area contributed by atoms with Crippen molar-refractivity contribution in [3.63, 3.8) is 0 Å². The summed E-state index contributed by atoms with van der Waals surface area (Å²) < 4.78 is 53.9. The first-order valence-corrected chi connectivity index (χ1v) is 24.5. The number of rotatable bonds is 38. The fourth-order valence-corrected chi connectivity index (χ4v) is 7.64. The molecular weight excluding hydrogens is 765 g/mol. The maximum Gasteiger partial charge on any atom is 0.306 e. The number of carbonyl (C=O) groups excluding carboxylic acids is 2. The molecule has 1 aliphatic heterocycles. The van der Waals surface area contributed by atoms with Crippen LogP contribution in [0.5, 0.6) is 0 Å². The Morgan fingerprint density at radius 3 is 1.43 bits per heavy atom. The van der Waals surface area contributed by atoms with E-state index in [0.29, 0.717) is 12.8 Å². The number of hydrogen-bond acceptors (Lipinski definition) is 11. The molecule has 12 nitrogen and oxygen atoms in total. The third-order valence-corrected chi connectivity index (χ3v) is 11.3. The van der Waals surface area contributed by atoms with Crippen molar-refractivity contribution in [1.82, 2.24) is 0 Å². The first-order chi connectivity index (χ1) is 28.0. The molecule has 0 radical (unpaired) electrons. The molecule has 0 amide bonds. The molecule has 2 unspecified atom stereocenters. The number of ether oxygens (including phenoxy) is 4. The first-order valence-electron chi connectivity index (χ1n) is 22.9. The minimum Gasteiger partial charge on any atom is -0.462 e. The minimum atomic E-state index is -4.61. The van der Waals surface area contributed by atoms with Crippen molar-refractivity contribution in [2.75, 3.05) is 19.0 Å². The zero-order valence-electron chi connectivity index (χ0n) is 36.2. The lowest BCUT2D eigenvalue weighted by Gasteiger charge is -2.40. The molecule has 340 valence electrons. The van der Waals surface area contributed by atoms with Crippen LogP contribution in [0, 0.1) is 0 Å². The quantitative estimate of drug-likeness (QED) is 0.0200. The molecule has 0 saturated carbocycles. The van der Waals surface area contributed by atoms with Crippen molar-refractivity contribution < 1.29 is 56.8 Å². The van der Waals surface area contributed by atoms with E-state index in [2.05, 4.69) is 26.0 Å². The summed E-state index contributed by atoms with van der Waals surface area (Å²) in [7, 11) is -4.61. The molecule has 1 rings (SSSR count). The van der Waals surface area contributed by atoms with Gasteiger partial charge in [0.2, 0.25) is 0 Å². The van der Waals surface area contributed by atoms with Crippen molar-refractivity contribution in [3.8, 4) is 0 Å². The maximum absolute atomic E-state index is 12.8. The summed E-state index contributed by atoms with van der Waals surface area (Å²) in [5.41, 5.74) is 0. The van der Waals surface area contributed by atoms with Gasteiger partial charge in [0, 0.05) is 12.8 Å². The van der Waals surface area contributed by atoms with Crippen molar-refractivity contribution in [1.29, 1.82) is 0 Å². The normalized spacial score (nSPS) is 20.6. The summed E-state index contributed by atoms with van der Waals surface area (Å²) >= 11 is 0. The van der Waals surface area contributed by atoms with Crippen LogP contribution in [0.3, 0.4) is 0 Å². The standard InChI is InChI=1S/C45H82O12S/c1-3-5-7-9-11-13-15-17-19-21-23-25-27-29-31-33-40(46)54-35-38(36-55-45-44(50)43(49)42(48)39(57-45)37-58(51,52)53)56-41(47)34-32-30-28-26-24-22-20-18-16-14-12-10-8-6-4-2/h27-30,38-39,42-45,48-50H,3-26,31-37H2,1-2H3,(H,51,52,53)/b29-27+,30-28+/t38-,39-,42-,43?,44?,45+/m1/s1. The Bertz CT molecular complexity index is 1180. The number of allylic oxidation sites excluding steroid dienone is 4. The monoisotopic (exact) mass is 847 g/mol. The number of unbranched alkanes of at least 4 members (excludes halogenated alkanes) is 22. The number of aliphatic hydroxyl groups excluding tert-OH is 3. The van der Waals surface area contributed by atoms with Crippen LogP contribution < -0.4 is 0 Å². The smallest absolute Gasteiger partial charge is 0.306 e. The van der Waals surface area contributed by atoms with Gasteiger partial charge in [0.25, 0.3) is 10.1 Å². The molecule has 0 aromatic heterocycles. The predicted molar refractivity (Wildman–Crippen MR) is 229 cm³/mol. The SMILES string of the molecule is CCCCCCCCCCCCC/C=C/CCC(=O)OC[C@H](CO[C@H]1O[C@H](CS(=O)(=O)O)[C@@H](O)C(O)C1O)OC(=O)CC/C=C/CCCCCCCCCCCCC. The summed E-state index contributed by atoms with van der Waals surface area (Å²) in [6.07, 6.45) is 29.6. The minimum absolute atomic E-state index is 0.0764. The summed E-state index contributed by atoms with van der Waals surface area (Å²) in [5.74, 6) is -2.10. The highest BCUT2D eigenvalue weighted by Crippen LogP contribution is 2.24. The van der Waals surface area contributed by atoms with E-state index < -0.39 is 71.2 Å². The third kappa shape index (κ3) is 30.2. The van der Waals surface area contributed by atoms with Crippen LogP contribution >= 0.6 is 0 Å². The van der Waals surface area contributed by atoms with E-state index >= 15 is 0 Å². The summed E-state index contributed by atoms with van der Waals surface area (Å²) in [6, 6.07) is 0. The van der Waals surface area contributed by atoms with E-state index in [1.165, 1.54) is 128 Å². The third-order valence-electron chi connectivity index (χ3n) is 10.5. The van der Waals surface area contributed by atoms with E-state index in [-0.39, 0.29) is 19.4 Å². The first kappa shape index (κ1) is 54.1. The van der Waals surface area contributed by atoms with Crippen LogP contribution in [0.2, 0.25) is 0 Å². The van der Waals surface area contributed by atoms with Gasteiger partial charge in [-0.1, -0.05) is 167 Å². The van der Waals surface area contributed by atoms with Gasteiger partial charge in [-0.2, -0.15) is 8.42 Å². The van der Waals surface area contributed by atoms with Gasteiger partial charge in [0.05, 0.1) is 6.61 Å². The Hall–Kier alpha value is -1.87. The molecular formula is C45H82O12S. The second kappa shape index (κ2) is 35.8. The van der Waals surface area contributed by atoms with Crippen molar-refractivity contribution in [2.24, 2.45) is 0 Å².